The van der Waals surface area contributed by atoms with Crippen molar-refractivity contribution in [2.75, 3.05) is 30.9 Å². The summed E-state index contributed by atoms with van der Waals surface area (Å²) in [6.45, 7) is 0.580. The van der Waals surface area contributed by atoms with E-state index in [1.54, 1.807) is 0 Å². The molecule has 2 aromatic carbocycles. The van der Waals surface area contributed by atoms with Gasteiger partial charge in [-0.2, -0.15) is 4.98 Å². The zero-order valence-electron chi connectivity index (χ0n) is 19.2. The molecule has 1 fully saturated rings. The summed E-state index contributed by atoms with van der Waals surface area (Å²) >= 11 is 18.2. The normalized spacial score (nSPS) is 17.5. The first-order valence-electron chi connectivity index (χ1n) is 11.4. The van der Waals surface area contributed by atoms with Crippen molar-refractivity contribution < 1.29 is 4.79 Å². The number of benzene rings is 2. The Morgan fingerprint density at radius 2 is 1.69 bits per heavy atom. The number of carbonyl (C=O) groups is 1. The molecule has 35 heavy (non-hydrogen) atoms. The molecule has 1 amide bonds. The smallest absolute Gasteiger partial charge is 0.254 e. The van der Waals surface area contributed by atoms with Crippen LogP contribution in [-0.2, 0) is 0 Å². The second-order valence-corrected chi connectivity index (χ2v) is 10.2. The Hall–Kier alpha value is -2.28. The zero-order valence-corrected chi connectivity index (χ0v) is 21.5. The van der Waals surface area contributed by atoms with E-state index in [0.717, 1.165) is 48.8 Å². The monoisotopic (exact) mass is 535 g/mol. The lowest BCUT2D eigenvalue weighted by atomic mass is 9.84. The molecule has 188 valence electrons. The molecule has 0 bridgehead atoms. The molecule has 2 N–H and O–H groups in total. The number of anilines is 2. The van der Waals surface area contributed by atoms with E-state index in [-0.39, 0.29) is 28.9 Å². The molecule has 0 saturated heterocycles. The molecular weight excluding hydrogens is 505 g/mol. The summed E-state index contributed by atoms with van der Waals surface area (Å²) < 4.78 is 0. The Kier molecular flexibility index (Phi) is 9.45. The van der Waals surface area contributed by atoms with Crippen LogP contribution in [0.25, 0.3) is 10.9 Å². The Labute approximate surface area is 222 Å². The molecule has 0 atom stereocenters. The fraction of sp³-hybridized carbons (Fsp3) is 0.423. The van der Waals surface area contributed by atoms with Crippen LogP contribution in [0.15, 0.2) is 36.4 Å². The number of fused-ring (bicyclic) bond motifs is 1. The molecule has 9 heteroatoms. The molecule has 6 nitrogen and oxygen atoms in total. The Morgan fingerprint density at radius 3 is 2.34 bits per heavy atom. The molecule has 0 aliphatic heterocycles. The average molecular weight is 537 g/mol. The Morgan fingerprint density at radius 1 is 1.03 bits per heavy atom. The number of halogens is 3. The minimum Gasteiger partial charge on any atom is -0.362 e. The predicted molar refractivity (Wildman–Crippen MR) is 148 cm³/mol. The third-order valence-electron chi connectivity index (χ3n) is 6.26. The van der Waals surface area contributed by atoms with Crippen LogP contribution >= 0.6 is 34.8 Å². The maximum Gasteiger partial charge on any atom is 0.254 e. The fourth-order valence-electron chi connectivity index (χ4n) is 4.48. The number of nitrogens with one attached hydrogen (secondary N) is 2. The highest BCUT2D eigenvalue weighted by atomic mass is 35.5. The maximum atomic E-state index is 12.5. The first-order chi connectivity index (χ1) is 16.3. The van der Waals surface area contributed by atoms with Crippen molar-refractivity contribution in [2.24, 2.45) is 5.92 Å². The lowest BCUT2D eigenvalue weighted by Crippen LogP contribution is -2.30. The number of nitrogens with zero attached hydrogens (tertiary/aromatic N) is 3. The topological polar surface area (TPSA) is 70.2 Å². The van der Waals surface area contributed by atoms with Gasteiger partial charge in [0.15, 0.2) is 0 Å². The van der Waals surface area contributed by atoms with Gasteiger partial charge in [-0.3, -0.25) is 4.79 Å². The molecule has 1 saturated carbocycles. The van der Waals surface area contributed by atoms with E-state index in [1.165, 1.54) is 12.1 Å². The van der Waals surface area contributed by atoms with E-state index in [1.807, 2.05) is 43.3 Å². The summed E-state index contributed by atoms with van der Waals surface area (Å²) in [4.78, 5) is 24.0. The number of hydrogen-bond donors (Lipinski definition) is 2. The standard InChI is InChI=1S/C25H28Cl3N5O.CH4/c1-33(2)23-18-5-3-4-6-21(18)31-25(32-23)30-17-9-7-15(8-10-17)11-12-29-24(34)22-19(27)13-16(26)14-20(22)28;/h3-6,13-15,17H,7-12H2,1-2H3,(H,29,34)(H,30,31,32);1H4. The number of aromatic nitrogens is 2. The van der Waals surface area contributed by atoms with E-state index in [2.05, 4.69) is 10.6 Å². The minimum atomic E-state index is -0.271. The van der Waals surface area contributed by atoms with Crippen molar-refractivity contribution >= 4 is 63.4 Å². The van der Waals surface area contributed by atoms with Crippen LogP contribution in [0.3, 0.4) is 0 Å². The van der Waals surface area contributed by atoms with Crippen LogP contribution in [-0.4, -0.2) is 42.6 Å². The van der Waals surface area contributed by atoms with Gasteiger partial charge in [0, 0.05) is 37.1 Å². The van der Waals surface area contributed by atoms with Crippen LogP contribution < -0.4 is 15.5 Å². The van der Waals surface area contributed by atoms with E-state index in [4.69, 9.17) is 44.8 Å². The van der Waals surface area contributed by atoms with Gasteiger partial charge in [0.2, 0.25) is 5.95 Å². The van der Waals surface area contributed by atoms with E-state index in [9.17, 15) is 4.79 Å². The molecule has 1 aliphatic rings. The first kappa shape index (κ1) is 27.3. The number of rotatable bonds is 7. The van der Waals surface area contributed by atoms with E-state index >= 15 is 0 Å². The highest BCUT2D eigenvalue weighted by Crippen LogP contribution is 2.31. The summed E-state index contributed by atoms with van der Waals surface area (Å²) in [5.74, 6) is 1.88. The summed E-state index contributed by atoms with van der Waals surface area (Å²) in [7, 11) is 3.99. The molecule has 0 unspecified atom stereocenters. The fourth-order valence-corrected chi connectivity index (χ4v) is 5.47. The van der Waals surface area contributed by atoms with E-state index in [0.29, 0.717) is 29.5 Å². The number of hydrogen-bond acceptors (Lipinski definition) is 5. The number of carbonyl (C=O) groups excluding carboxylic acids is 1. The van der Waals surface area contributed by atoms with Crippen LogP contribution in [0.2, 0.25) is 15.1 Å². The molecule has 1 aliphatic carbocycles. The molecule has 4 rings (SSSR count). The largest absolute Gasteiger partial charge is 0.362 e. The quantitative estimate of drug-likeness (QED) is 0.337. The predicted octanol–water partition coefficient (Wildman–Crippen LogP) is 7.08. The lowest BCUT2D eigenvalue weighted by molar-refractivity contribution is 0.0950. The second-order valence-electron chi connectivity index (χ2n) is 8.93. The summed E-state index contributed by atoms with van der Waals surface area (Å²) in [6.07, 6.45) is 5.18. The Bertz CT molecular complexity index is 1160. The Balaban J connectivity index is 0.00000342. The summed E-state index contributed by atoms with van der Waals surface area (Å²) in [6, 6.07) is 11.5. The molecule has 0 radical (unpaired) electrons. The number of amides is 1. The summed E-state index contributed by atoms with van der Waals surface area (Å²) in [5, 5.41) is 8.46. The van der Waals surface area contributed by atoms with Gasteiger partial charge in [0.1, 0.15) is 5.82 Å². The first-order valence-corrected chi connectivity index (χ1v) is 12.6. The average Bonchev–Trinajstić information content (AvgIpc) is 2.79. The maximum absolute atomic E-state index is 12.5. The van der Waals surface area contributed by atoms with Gasteiger partial charge in [-0.1, -0.05) is 54.4 Å². The molecule has 1 aromatic heterocycles. The van der Waals surface area contributed by atoms with Gasteiger partial charge in [-0.15, -0.1) is 0 Å². The van der Waals surface area contributed by atoms with Crippen molar-refractivity contribution in [1.82, 2.24) is 15.3 Å². The van der Waals surface area contributed by atoms with Crippen molar-refractivity contribution in [3.63, 3.8) is 0 Å². The van der Waals surface area contributed by atoms with Gasteiger partial charge in [0.25, 0.3) is 5.91 Å². The van der Waals surface area contributed by atoms with Crippen LogP contribution in [0.1, 0.15) is 49.9 Å². The van der Waals surface area contributed by atoms with Crippen LogP contribution in [0, 0.1) is 5.92 Å². The minimum absolute atomic E-state index is 0. The third kappa shape index (κ3) is 6.69. The van der Waals surface area contributed by atoms with Crippen molar-refractivity contribution in [3.05, 3.63) is 57.0 Å². The molecule has 1 heterocycles. The SMILES string of the molecule is C.CN(C)c1nc(NC2CCC(CCNC(=O)c3c(Cl)cc(Cl)cc3Cl)CC2)nc2ccccc12. The van der Waals surface area contributed by atoms with Crippen molar-refractivity contribution in [3.8, 4) is 0 Å². The number of para-hydroxylation sites is 1. The van der Waals surface area contributed by atoms with Crippen molar-refractivity contribution in [1.29, 1.82) is 0 Å². The zero-order chi connectivity index (χ0) is 24.2. The van der Waals surface area contributed by atoms with Gasteiger partial charge < -0.3 is 15.5 Å². The molecular formula is C26H32Cl3N5O. The molecule has 3 aromatic rings. The van der Waals surface area contributed by atoms with Crippen LogP contribution in [0.4, 0.5) is 11.8 Å². The third-order valence-corrected chi connectivity index (χ3v) is 7.07. The second kappa shape index (κ2) is 12.1. The van der Waals surface area contributed by atoms with E-state index < -0.39 is 0 Å². The highest BCUT2D eigenvalue weighted by molar-refractivity contribution is 6.42. The van der Waals surface area contributed by atoms with Gasteiger partial charge >= 0.3 is 0 Å². The summed E-state index contributed by atoms with van der Waals surface area (Å²) in [5.41, 5.74) is 1.21. The van der Waals surface area contributed by atoms with Gasteiger partial charge in [0.05, 0.1) is 21.1 Å². The van der Waals surface area contributed by atoms with Gasteiger partial charge in [-0.05, 0) is 62.3 Å². The highest BCUT2D eigenvalue weighted by Gasteiger charge is 2.23. The van der Waals surface area contributed by atoms with Crippen LogP contribution in [0.5, 0.6) is 0 Å². The molecule has 0 spiro atoms. The van der Waals surface area contributed by atoms with Gasteiger partial charge in [-0.25, -0.2) is 4.98 Å². The lowest BCUT2D eigenvalue weighted by Gasteiger charge is -2.29. The van der Waals surface area contributed by atoms with Crippen molar-refractivity contribution in [2.45, 2.75) is 45.6 Å².